The van der Waals surface area contributed by atoms with Gasteiger partial charge in [0, 0.05) is 0 Å². The molecule has 0 saturated heterocycles. The molecular formula is C9H12O4S2. The van der Waals surface area contributed by atoms with Gasteiger partial charge in [-0.15, -0.1) is 11.3 Å². The Hall–Kier alpha value is -0.880. The minimum absolute atomic E-state index is 0.219. The van der Waals surface area contributed by atoms with E-state index in [1.54, 1.807) is 11.4 Å². The zero-order valence-corrected chi connectivity index (χ0v) is 10.1. The molecule has 0 spiro atoms. The molecule has 0 unspecified atom stereocenters. The maximum absolute atomic E-state index is 11.8. The number of carboxylic acid groups (broad SMARTS) is 1. The van der Waals surface area contributed by atoms with Gasteiger partial charge in [0.1, 0.15) is 4.21 Å². The van der Waals surface area contributed by atoms with Crippen LogP contribution in [0.3, 0.4) is 0 Å². The third-order valence-electron chi connectivity index (χ3n) is 1.93. The van der Waals surface area contributed by atoms with Gasteiger partial charge in [0.05, 0.1) is 11.2 Å². The van der Waals surface area contributed by atoms with Crippen molar-refractivity contribution in [1.29, 1.82) is 0 Å². The van der Waals surface area contributed by atoms with Crippen molar-refractivity contribution < 1.29 is 18.3 Å². The van der Waals surface area contributed by atoms with Gasteiger partial charge in [-0.3, -0.25) is 4.79 Å². The Morgan fingerprint density at radius 3 is 2.53 bits per heavy atom. The summed E-state index contributed by atoms with van der Waals surface area (Å²) in [5.74, 6) is -1.49. The van der Waals surface area contributed by atoms with Crippen LogP contribution in [-0.4, -0.2) is 25.2 Å². The van der Waals surface area contributed by atoms with Crippen LogP contribution in [0.25, 0.3) is 0 Å². The van der Waals surface area contributed by atoms with Gasteiger partial charge in [-0.2, -0.15) is 0 Å². The third kappa shape index (κ3) is 2.79. The van der Waals surface area contributed by atoms with Gasteiger partial charge >= 0.3 is 5.97 Å². The molecule has 0 aromatic carbocycles. The molecule has 0 bridgehead atoms. The lowest BCUT2D eigenvalue weighted by molar-refractivity contribution is -0.145. The van der Waals surface area contributed by atoms with E-state index in [4.69, 9.17) is 5.11 Å². The average Bonchev–Trinajstić information content (AvgIpc) is 2.53. The van der Waals surface area contributed by atoms with Crippen LogP contribution in [-0.2, 0) is 14.6 Å². The van der Waals surface area contributed by atoms with Crippen molar-refractivity contribution in [1.82, 2.24) is 0 Å². The van der Waals surface area contributed by atoms with E-state index in [-0.39, 0.29) is 9.96 Å². The summed E-state index contributed by atoms with van der Waals surface area (Å²) < 4.78 is 23.7. The van der Waals surface area contributed by atoms with Crippen LogP contribution in [0.15, 0.2) is 21.7 Å². The lowest BCUT2D eigenvalue weighted by Crippen LogP contribution is -2.32. The zero-order valence-electron chi connectivity index (χ0n) is 8.43. The second-order valence-corrected chi connectivity index (χ2v) is 7.04. The predicted octanol–water partition coefficient (Wildman–Crippen LogP) is 1.63. The molecule has 15 heavy (non-hydrogen) atoms. The van der Waals surface area contributed by atoms with E-state index in [1.165, 1.54) is 19.9 Å². The molecule has 4 nitrogen and oxygen atoms in total. The molecule has 0 fully saturated rings. The number of hydrogen-bond acceptors (Lipinski definition) is 4. The summed E-state index contributed by atoms with van der Waals surface area (Å²) in [4.78, 5) is 10.8. The summed E-state index contributed by atoms with van der Waals surface area (Å²) in [6.07, 6.45) is 0. The molecule has 0 amide bonds. The molecule has 1 rings (SSSR count). The molecule has 0 radical (unpaired) electrons. The Bertz CT molecular complexity index is 442. The Kier molecular flexibility index (Phi) is 3.20. The van der Waals surface area contributed by atoms with Crippen LogP contribution in [0.4, 0.5) is 0 Å². The van der Waals surface area contributed by atoms with E-state index >= 15 is 0 Å². The fraction of sp³-hybridized carbons (Fsp3) is 0.444. The highest BCUT2D eigenvalue weighted by Gasteiger charge is 2.34. The molecule has 6 heteroatoms. The van der Waals surface area contributed by atoms with Gasteiger partial charge in [0.25, 0.3) is 0 Å². The topological polar surface area (TPSA) is 71.4 Å². The zero-order chi connectivity index (χ0) is 11.7. The van der Waals surface area contributed by atoms with E-state index in [2.05, 4.69) is 0 Å². The molecule has 1 aromatic heterocycles. The second kappa shape index (κ2) is 3.94. The summed E-state index contributed by atoms with van der Waals surface area (Å²) in [6, 6.07) is 3.11. The number of hydrogen-bond donors (Lipinski definition) is 1. The first-order valence-corrected chi connectivity index (χ1v) is 6.78. The van der Waals surface area contributed by atoms with Crippen molar-refractivity contribution in [2.45, 2.75) is 18.1 Å². The highest BCUT2D eigenvalue weighted by molar-refractivity contribution is 7.93. The van der Waals surface area contributed by atoms with Crippen molar-refractivity contribution in [3.63, 3.8) is 0 Å². The lowest BCUT2D eigenvalue weighted by Gasteiger charge is -2.17. The standard InChI is InChI=1S/C9H12O4S2/c1-9(2,8(10)11)6-15(12,13)7-4-3-5-14-7/h3-5H,6H2,1-2H3,(H,10,11). The van der Waals surface area contributed by atoms with E-state index in [1.807, 2.05) is 0 Å². The van der Waals surface area contributed by atoms with Gasteiger partial charge in [0.2, 0.25) is 0 Å². The minimum Gasteiger partial charge on any atom is -0.481 e. The van der Waals surface area contributed by atoms with Crippen LogP contribution < -0.4 is 0 Å². The quantitative estimate of drug-likeness (QED) is 0.879. The monoisotopic (exact) mass is 248 g/mol. The predicted molar refractivity (Wildman–Crippen MR) is 57.8 cm³/mol. The molecule has 0 aliphatic rings. The molecule has 0 saturated carbocycles. The van der Waals surface area contributed by atoms with E-state index in [0.29, 0.717) is 0 Å². The number of thiophene rings is 1. The Morgan fingerprint density at radius 2 is 2.13 bits per heavy atom. The smallest absolute Gasteiger partial charge is 0.310 e. The molecule has 0 aliphatic heterocycles. The minimum atomic E-state index is -3.48. The van der Waals surface area contributed by atoms with Gasteiger partial charge < -0.3 is 5.11 Å². The fourth-order valence-corrected chi connectivity index (χ4v) is 3.93. The number of carboxylic acids is 1. The molecule has 1 N–H and O–H groups in total. The van der Waals surface area contributed by atoms with Crippen molar-refractivity contribution in [2.75, 3.05) is 5.75 Å². The number of carbonyl (C=O) groups is 1. The maximum Gasteiger partial charge on any atom is 0.310 e. The van der Waals surface area contributed by atoms with Crippen molar-refractivity contribution >= 4 is 27.1 Å². The number of sulfone groups is 1. The van der Waals surface area contributed by atoms with E-state index in [0.717, 1.165) is 11.3 Å². The summed E-state index contributed by atoms with van der Waals surface area (Å²) in [5, 5.41) is 10.5. The molecule has 1 aromatic rings. The van der Waals surface area contributed by atoms with Crippen LogP contribution in [0, 0.1) is 5.41 Å². The molecular weight excluding hydrogens is 236 g/mol. The SMILES string of the molecule is CC(C)(CS(=O)(=O)c1cccs1)C(=O)O. The Balaban J connectivity index is 2.97. The van der Waals surface area contributed by atoms with Crippen LogP contribution in [0.5, 0.6) is 0 Å². The van der Waals surface area contributed by atoms with Crippen molar-refractivity contribution in [2.24, 2.45) is 5.41 Å². The van der Waals surface area contributed by atoms with Crippen molar-refractivity contribution in [3.8, 4) is 0 Å². The van der Waals surface area contributed by atoms with Crippen LogP contribution >= 0.6 is 11.3 Å². The Morgan fingerprint density at radius 1 is 1.53 bits per heavy atom. The molecule has 0 aliphatic carbocycles. The van der Waals surface area contributed by atoms with Gasteiger partial charge in [-0.1, -0.05) is 6.07 Å². The second-order valence-electron chi connectivity index (χ2n) is 3.88. The summed E-state index contributed by atoms with van der Waals surface area (Å²) >= 11 is 1.10. The van der Waals surface area contributed by atoms with Crippen molar-refractivity contribution in [3.05, 3.63) is 17.5 Å². The van der Waals surface area contributed by atoms with Gasteiger partial charge in [-0.05, 0) is 25.3 Å². The molecule has 0 atom stereocenters. The highest BCUT2D eigenvalue weighted by Crippen LogP contribution is 2.25. The largest absolute Gasteiger partial charge is 0.481 e. The summed E-state index contributed by atoms with van der Waals surface area (Å²) in [7, 11) is -3.48. The normalized spacial score (nSPS) is 12.7. The van der Waals surface area contributed by atoms with Gasteiger partial charge in [-0.25, -0.2) is 8.42 Å². The first kappa shape index (κ1) is 12.2. The maximum atomic E-state index is 11.8. The summed E-state index contributed by atoms with van der Waals surface area (Å²) in [6.45, 7) is 2.81. The highest BCUT2D eigenvalue weighted by atomic mass is 32.2. The van der Waals surface area contributed by atoms with E-state index in [9.17, 15) is 13.2 Å². The number of aliphatic carboxylic acids is 1. The Labute approximate surface area is 92.5 Å². The average molecular weight is 248 g/mol. The first-order chi connectivity index (χ1) is 6.76. The third-order valence-corrected chi connectivity index (χ3v) is 5.49. The fourth-order valence-electron chi connectivity index (χ4n) is 1.05. The van der Waals surface area contributed by atoms with Crippen LogP contribution in [0.2, 0.25) is 0 Å². The molecule has 1 heterocycles. The summed E-state index contributed by atoms with van der Waals surface area (Å²) in [5.41, 5.74) is -1.26. The molecule has 84 valence electrons. The first-order valence-electron chi connectivity index (χ1n) is 4.25. The van der Waals surface area contributed by atoms with E-state index < -0.39 is 21.2 Å². The lowest BCUT2D eigenvalue weighted by atomic mass is 9.97. The van der Waals surface area contributed by atoms with Crippen LogP contribution in [0.1, 0.15) is 13.8 Å². The van der Waals surface area contributed by atoms with Gasteiger partial charge in [0.15, 0.2) is 9.84 Å². The number of rotatable bonds is 4.